The number of β-amino-alcohol motifs (C(OH)–C–C–N with tert-alkyl or cyclic N) is 1. The zero-order valence-electron chi connectivity index (χ0n) is 9.22. The van der Waals surface area contributed by atoms with Gasteiger partial charge in [-0.3, -0.25) is 4.68 Å². The fourth-order valence-corrected chi connectivity index (χ4v) is 1.14. The third kappa shape index (κ3) is 4.42. The summed E-state index contributed by atoms with van der Waals surface area (Å²) in [5.41, 5.74) is -0.356. The van der Waals surface area contributed by atoms with Gasteiger partial charge in [0.15, 0.2) is 0 Å². The first-order valence-corrected chi connectivity index (χ1v) is 5.05. The molecule has 0 saturated heterocycles. The van der Waals surface area contributed by atoms with Crippen LogP contribution < -0.4 is 5.32 Å². The largest absolute Gasteiger partial charge is 0.394 e. The van der Waals surface area contributed by atoms with Crippen molar-refractivity contribution in [3.8, 4) is 0 Å². The van der Waals surface area contributed by atoms with Gasteiger partial charge in [-0.15, -0.1) is 0 Å². The third-order valence-electron chi connectivity index (χ3n) is 2.17. The predicted octanol–water partition coefficient (Wildman–Crippen LogP) is -0.396. The smallest absolute Gasteiger partial charge is 0.0860 e. The Hall–Kier alpha value is -0.910. The van der Waals surface area contributed by atoms with Crippen molar-refractivity contribution in [3.05, 3.63) is 18.5 Å². The Kier molecular flexibility index (Phi) is 4.26. The number of aliphatic hydroxyl groups is 2. The maximum atomic E-state index is 9.67. The van der Waals surface area contributed by atoms with Crippen LogP contribution in [0.2, 0.25) is 0 Å². The lowest BCUT2D eigenvalue weighted by molar-refractivity contribution is 0.119. The van der Waals surface area contributed by atoms with E-state index < -0.39 is 6.10 Å². The van der Waals surface area contributed by atoms with E-state index in [0.29, 0.717) is 13.1 Å². The maximum Gasteiger partial charge on any atom is 0.0860 e. The van der Waals surface area contributed by atoms with Crippen molar-refractivity contribution in [1.29, 1.82) is 0 Å². The van der Waals surface area contributed by atoms with Crippen LogP contribution in [0, 0.1) is 0 Å². The Balaban J connectivity index is 2.28. The first-order valence-electron chi connectivity index (χ1n) is 5.05. The summed E-state index contributed by atoms with van der Waals surface area (Å²) in [6.07, 6.45) is 2.98. The monoisotopic (exact) mass is 213 g/mol. The van der Waals surface area contributed by atoms with Gasteiger partial charge < -0.3 is 15.5 Å². The molecule has 5 nitrogen and oxygen atoms in total. The van der Waals surface area contributed by atoms with E-state index in [9.17, 15) is 5.11 Å². The molecule has 15 heavy (non-hydrogen) atoms. The molecule has 0 aliphatic rings. The zero-order chi connectivity index (χ0) is 11.3. The highest BCUT2D eigenvalue weighted by Crippen LogP contribution is 2.00. The van der Waals surface area contributed by atoms with Gasteiger partial charge in [0.1, 0.15) is 0 Å². The van der Waals surface area contributed by atoms with Crippen LogP contribution >= 0.6 is 0 Å². The van der Waals surface area contributed by atoms with Gasteiger partial charge in [-0.1, -0.05) is 0 Å². The number of hydrogen-bond acceptors (Lipinski definition) is 4. The van der Waals surface area contributed by atoms with Crippen molar-refractivity contribution < 1.29 is 10.2 Å². The Morgan fingerprint density at radius 1 is 1.53 bits per heavy atom. The van der Waals surface area contributed by atoms with E-state index >= 15 is 0 Å². The summed E-state index contributed by atoms with van der Waals surface area (Å²) < 4.78 is 1.68. The predicted molar refractivity (Wildman–Crippen MR) is 57.4 cm³/mol. The molecule has 0 aromatic carbocycles. The summed E-state index contributed by atoms with van der Waals surface area (Å²) in [6, 6.07) is 1.82. The minimum atomic E-state index is -0.504. The number of rotatable bonds is 6. The molecule has 3 N–H and O–H groups in total. The van der Waals surface area contributed by atoms with Crippen molar-refractivity contribution in [3.63, 3.8) is 0 Å². The Morgan fingerprint density at radius 2 is 2.27 bits per heavy atom. The third-order valence-corrected chi connectivity index (χ3v) is 2.17. The average Bonchev–Trinajstić information content (AvgIpc) is 2.68. The van der Waals surface area contributed by atoms with Gasteiger partial charge in [0.2, 0.25) is 0 Å². The van der Waals surface area contributed by atoms with E-state index in [1.165, 1.54) is 0 Å². The maximum absolute atomic E-state index is 9.67. The van der Waals surface area contributed by atoms with Crippen LogP contribution in [0.15, 0.2) is 18.5 Å². The number of hydrogen-bond donors (Lipinski definition) is 3. The van der Waals surface area contributed by atoms with E-state index in [1.54, 1.807) is 17.1 Å². The van der Waals surface area contributed by atoms with Crippen molar-refractivity contribution in [1.82, 2.24) is 15.1 Å². The Labute approximate surface area is 89.7 Å². The lowest BCUT2D eigenvalue weighted by Crippen LogP contribution is -2.46. The summed E-state index contributed by atoms with van der Waals surface area (Å²) in [5.74, 6) is 0. The molecular formula is C10H19N3O2. The fraction of sp³-hybridized carbons (Fsp3) is 0.700. The lowest BCUT2D eigenvalue weighted by atomic mass is 10.1. The molecule has 5 heteroatoms. The summed E-state index contributed by atoms with van der Waals surface area (Å²) in [4.78, 5) is 0. The number of nitrogens with one attached hydrogen (secondary N) is 1. The molecule has 0 radical (unpaired) electrons. The van der Waals surface area contributed by atoms with E-state index in [-0.39, 0.29) is 12.1 Å². The molecule has 86 valence electrons. The summed E-state index contributed by atoms with van der Waals surface area (Å²) in [7, 11) is 0. The van der Waals surface area contributed by atoms with Gasteiger partial charge in [-0.05, 0) is 19.9 Å². The molecule has 1 heterocycles. The van der Waals surface area contributed by atoms with E-state index in [2.05, 4.69) is 10.4 Å². The molecule has 1 rings (SSSR count). The molecule has 1 aromatic heterocycles. The second kappa shape index (κ2) is 5.25. The van der Waals surface area contributed by atoms with Crippen LogP contribution in [0.3, 0.4) is 0 Å². The Bertz CT molecular complexity index is 272. The van der Waals surface area contributed by atoms with E-state index in [4.69, 9.17) is 5.11 Å². The van der Waals surface area contributed by atoms with E-state index in [1.807, 2.05) is 19.9 Å². The number of nitrogens with zero attached hydrogens (tertiary/aromatic N) is 2. The number of aromatic nitrogens is 2. The molecule has 0 bridgehead atoms. The summed E-state index contributed by atoms with van der Waals surface area (Å²) >= 11 is 0. The minimum absolute atomic E-state index is 0.0431. The van der Waals surface area contributed by atoms with E-state index in [0.717, 1.165) is 0 Å². The molecule has 0 fully saturated rings. The summed E-state index contributed by atoms with van der Waals surface area (Å²) in [5, 5.41) is 25.8. The molecule has 1 aromatic rings. The van der Waals surface area contributed by atoms with Gasteiger partial charge >= 0.3 is 0 Å². The van der Waals surface area contributed by atoms with Crippen LogP contribution in [0.25, 0.3) is 0 Å². The van der Waals surface area contributed by atoms with Crippen molar-refractivity contribution in [2.45, 2.75) is 32.0 Å². The molecule has 0 saturated carbocycles. The molecular weight excluding hydrogens is 194 g/mol. The SMILES string of the molecule is CC(C)(CO)NCC(O)Cn1cccn1. The molecule has 0 amide bonds. The second-order valence-electron chi connectivity index (χ2n) is 4.30. The van der Waals surface area contributed by atoms with Crippen LogP contribution in [-0.2, 0) is 6.54 Å². The first kappa shape index (κ1) is 12.2. The molecule has 1 unspecified atom stereocenters. The van der Waals surface area contributed by atoms with Crippen LogP contribution in [-0.4, -0.2) is 44.8 Å². The minimum Gasteiger partial charge on any atom is -0.394 e. The second-order valence-corrected chi connectivity index (χ2v) is 4.30. The van der Waals surface area contributed by atoms with Crippen LogP contribution in [0.5, 0.6) is 0 Å². The van der Waals surface area contributed by atoms with Crippen molar-refractivity contribution in [2.75, 3.05) is 13.2 Å². The summed E-state index contributed by atoms with van der Waals surface area (Å²) in [6.45, 7) is 4.71. The van der Waals surface area contributed by atoms with Crippen LogP contribution in [0.1, 0.15) is 13.8 Å². The first-order chi connectivity index (χ1) is 7.03. The van der Waals surface area contributed by atoms with Crippen molar-refractivity contribution >= 4 is 0 Å². The van der Waals surface area contributed by atoms with Gasteiger partial charge in [-0.2, -0.15) is 5.10 Å². The standard InChI is InChI=1S/C10H19N3O2/c1-10(2,8-14)11-6-9(15)7-13-5-3-4-12-13/h3-5,9,11,14-15H,6-8H2,1-2H3. The van der Waals surface area contributed by atoms with Crippen LogP contribution in [0.4, 0.5) is 0 Å². The molecule has 0 aliphatic carbocycles. The highest BCUT2D eigenvalue weighted by Gasteiger charge is 2.17. The number of aliphatic hydroxyl groups excluding tert-OH is 2. The van der Waals surface area contributed by atoms with Gasteiger partial charge in [0.25, 0.3) is 0 Å². The highest BCUT2D eigenvalue weighted by atomic mass is 16.3. The van der Waals surface area contributed by atoms with Gasteiger partial charge in [-0.25, -0.2) is 0 Å². The average molecular weight is 213 g/mol. The van der Waals surface area contributed by atoms with Gasteiger partial charge in [0.05, 0.1) is 19.3 Å². The molecule has 0 aliphatic heterocycles. The normalized spacial score (nSPS) is 14.1. The molecule has 1 atom stereocenters. The Morgan fingerprint density at radius 3 is 2.80 bits per heavy atom. The quantitative estimate of drug-likeness (QED) is 0.601. The highest BCUT2D eigenvalue weighted by molar-refractivity contribution is 4.80. The fourth-order valence-electron chi connectivity index (χ4n) is 1.14. The van der Waals surface area contributed by atoms with Crippen molar-refractivity contribution in [2.24, 2.45) is 0 Å². The van der Waals surface area contributed by atoms with Gasteiger partial charge in [0, 0.05) is 24.5 Å². The topological polar surface area (TPSA) is 70.3 Å². The zero-order valence-corrected chi connectivity index (χ0v) is 9.22. The lowest BCUT2D eigenvalue weighted by Gasteiger charge is -2.25. The molecule has 0 spiro atoms.